The van der Waals surface area contributed by atoms with Gasteiger partial charge in [-0.2, -0.15) is 13.2 Å². The van der Waals surface area contributed by atoms with E-state index in [-0.39, 0.29) is 5.69 Å². The summed E-state index contributed by atoms with van der Waals surface area (Å²) in [6.07, 6.45) is -4.38. The third kappa shape index (κ3) is 3.04. The first kappa shape index (κ1) is 9.25. The van der Waals surface area contributed by atoms with Crippen molar-refractivity contribution in [1.29, 1.82) is 0 Å². The van der Waals surface area contributed by atoms with Gasteiger partial charge in [0.15, 0.2) is 0 Å². The Morgan fingerprint density at radius 3 is 2.00 bits per heavy atom. The predicted octanol–water partition coefficient (Wildman–Crippen LogP) is 2.91. The van der Waals surface area contributed by atoms with E-state index < -0.39 is 6.30 Å². The van der Waals surface area contributed by atoms with Crippen LogP contribution in [0, 0.1) is 0 Å². The summed E-state index contributed by atoms with van der Waals surface area (Å²) in [6.45, 7) is 0. The topological polar surface area (TPSA) is 12.0 Å². The minimum Gasteiger partial charge on any atom is -0.298 e. The molecule has 1 nitrogen and oxygen atoms in total. The van der Waals surface area contributed by atoms with E-state index in [1.54, 1.807) is 0 Å². The average molecular weight is 193 g/mol. The Morgan fingerprint density at radius 1 is 1.08 bits per heavy atom. The number of hydrogen-bond donors (Lipinski definition) is 2. The number of hydrogen-bond acceptors (Lipinski definition) is 2. The lowest BCUT2D eigenvalue weighted by Crippen LogP contribution is -2.20. The number of rotatable bonds is 1. The number of halogens is 3. The maximum absolute atomic E-state index is 11.7. The van der Waals surface area contributed by atoms with E-state index in [4.69, 9.17) is 0 Å². The molecular formula is C7H6F3NS. The predicted molar refractivity (Wildman–Crippen MR) is 43.4 cm³/mol. The third-order valence-corrected chi connectivity index (χ3v) is 1.45. The smallest absolute Gasteiger partial charge is 0.298 e. The fourth-order valence-electron chi connectivity index (χ4n) is 0.708. The highest BCUT2D eigenvalue weighted by atomic mass is 32.1. The number of alkyl halides is 3. The number of anilines is 1. The van der Waals surface area contributed by atoms with Crippen LogP contribution < -0.4 is 5.32 Å². The van der Waals surface area contributed by atoms with Crippen molar-refractivity contribution in [3.05, 3.63) is 24.3 Å². The highest BCUT2D eigenvalue weighted by Gasteiger charge is 2.26. The van der Waals surface area contributed by atoms with Crippen LogP contribution in [0.1, 0.15) is 0 Å². The van der Waals surface area contributed by atoms with Gasteiger partial charge in [0.1, 0.15) is 0 Å². The third-order valence-electron chi connectivity index (χ3n) is 1.15. The summed E-state index contributed by atoms with van der Waals surface area (Å²) < 4.78 is 35.1. The molecular weight excluding hydrogens is 187 g/mol. The van der Waals surface area contributed by atoms with Gasteiger partial charge in [-0.3, -0.25) is 5.32 Å². The minimum atomic E-state index is -4.38. The summed E-state index contributed by atoms with van der Waals surface area (Å²) in [5.74, 6) is 0. The Hall–Kier alpha value is -0.840. The molecule has 66 valence electrons. The van der Waals surface area contributed by atoms with Crippen LogP contribution in [0.5, 0.6) is 0 Å². The molecule has 0 bridgehead atoms. The summed E-state index contributed by atoms with van der Waals surface area (Å²) in [6, 6.07) is 5.60. The van der Waals surface area contributed by atoms with E-state index in [1.807, 2.05) is 0 Å². The van der Waals surface area contributed by atoms with E-state index in [0.29, 0.717) is 4.90 Å². The van der Waals surface area contributed by atoms with Crippen LogP contribution in [0.15, 0.2) is 29.2 Å². The molecule has 0 aliphatic carbocycles. The van der Waals surface area contributed by atoms with Crippen LogP contribution >= 0.6 is 12.6 Å². The Bertz CT molecular complexity index is 254. The SMILES string of the molecule is FC(F)(F)Nc1ccc(S)cc1. The van der Waals surface area contributed by atoms with Crippen LogP contribution in [0.4, 0.5) is 18.9 Å². The van der Waals surface area contributed by atoms with Crippen molar-refractivity contribution >= 4 is 18.3 Å². The van der Waals surface area contributed by atoms with Gasteiger partial charge < -0.3 is 0 Å². The molecule has 0 spiro atoms. The summed E-state index contributed by atoms with van der Waals surface area (Å²) in [5, 5.41) is 1.37. The van der Waals surface area contributed by atoms with E-state index in [1.165, 1.54) is 29.6 Å². The molecule has 1 aromatic rings. The lowest BCUT2D eigenvalue weighted by molar-refractivity contribution is -0.0999. The second-order valence-electron chi connectivity index (χ2n) is 2.17. The summed E-state index contributed by atoms with van der Waals surface area (Å²) in [5.41, 5.74) is 0.0142. The molecule has 0 unspecified atom stereocenters. The van der Waals surface area contributed by atoms with Gasteiger partial charge in [0.05, 0.1) is 0 Å². The van der Waals surface area contributed by atoms with Crippen molar-refractivity contribution in [2.24, 2.45) is 0 Å². The van der Waals surface area contributed by atoms with E-state index in [9.17, 15) is 13.2 Å². The van der Waals surface area contributed by atoms with E-state index >= 15 is 0 Å². The molecule has 1 rings (SSSR count). The number of nitrogens with one attached hydrogen (secondary N) is 1. The second-order valence-corrected chi connectivity index (χ2v) is 2.69. The van der Waals surface area contributed by atoms with Crippen LogP contribution in [0.2, 0.25) is 0 Å². The molecule has 0 aromatic heterocycles. The van der Waals surface area contributed by atoms with Gasteiger partial charge in [-0.05, 0) is 24.3 Å². The van der Waals surface area contributed by atoms with Gasteiger partial charge in [0.2, 0.25) is 0 Å². The molecule has 1 aromatic carbocycles. The molecule has 12 heavy (non-hydrogen) atoms. The Kier molecular flexibility index (Phi) is 2.52. The molecule has 0 aliphatic rings. The molecule has 5 heteroatoms. The fraction of sp³-hybridized carbons (Fsp3) is 0.143. The van der Waals surface area contributed by atoms with E-state index in [0.717, 1.165) is 0 Å². The molecule has 0 radical (unpaired) electrons. The zero-order valence-corrected chi connectivity index (χ0v) is 6.78. The zero-order chi connectivity index (χ0) is 9.19. The molecule has 0 saturated heterocycles. The van der Waals surface area contributed by atoms with Crippen LogP contribution in [0.3, 0.4) is 0 Å². The van der Waals surface area contributed by atoms with Gasteiger partial charge in [0, 0.05) is 10.6 Å². The molecule has 0 saturated carbocycles. The average Bonchev–Trinajstić information content (AvgIpc) is 1.91. The first-order chi connectivity index (χ1) is 5.47. The molecule has 0 fully saturated rings. The highest BCUT2D eigenvalue weighted by Crippen LogP contribution is 2.20. The fourth-order valence-corrected chi connectivity index (χ4v) is 0.857. The quantitative estimate of drug-likeness (QED) is 0.516. The molecule has 0 amide bonds. The van der Waals surface area contributed by atoms with Gasteiger partial charge in [-0.25, -0.2) is 0 Å². The maximum atomic E-state index is 11.7. The van der Waals surface area contributed by atoms with Crippen LogP contribution in [-0.2, 0) is 0 Å². The lowest BCUT2D eigenvalue weighted by Gasteiger charge is -2.09. The number of benzene rings is 1. The summed E-state index contributed by atoms with van der Waals surface area (Å²) >= 11 is 3.93. The second kappa shape index (κ2) is 3.26. The van der Waals surface area contributed by atoms with Gasteiger partial charge in [-0.15, -0.1) is 12.6 Å². The first-order valence-corrected chi connectivity index (χ1v) is 3.56. The number of thiol groups is 1. The van der Waals surface area contributed by atoms with Gasteiger partial charge >= 0.3 is 6.30 Å². The van der Waals surface area contributed by atoms with Gasteiger partial charge in [0.25, 0.3) is 0 Å². The van der Waals surface area contributed by atoms with Crippen LogP contribution in [-0.4, -0.2) is 6.30 Å². The van der Waals surface area contributed by atoms with Crippen LogP contribution in [0.25, 0.3) is 0 Å². The largest absolute Gasteiger partial charge is 0.482 e. The Balaban J connectivity index is 2.71. The molecule has 0 aliphatic heterocycles. The Labute approximate surface area is 73.0 Å². The molecule has 0 heterocycles. The minimum absolute atomic E-state index is 0.0142. The van der Waals surface area contributed by atoms with E-state index in [2.05, 4.69) is 12.6 Å². The first-order valence-electron chi connectivity index (χ1n) is 3.11. The summed E-state index contributed by atoms with van der Waals surface area (Å²) in [4.78, 5) is 0.628. The monoisotopic (exact) mass is 193 g/mol. The van der Waals surface area contributed by atoms with Crippen molar-refractivity contribution in [2.75, 3.05) is 5.32 Å². The standard InChI is InChI=1S/C7H6F3NS/c8-7(9,10)11-5-1-3-6(12)4-2-5/h1-4,11-12H. The van der Waals surface area contributed by atoms with Crippen molar-refractivity contribution in [1.82, 2.24) is 0 Å². The summed E-state index contributed by atoms with van der Waals surface area (Å²) in [7, 11) is 0. The lowest BCUT2D eigenvalue weighted by atomic mass is 10.3. The van der Waals surface area contributed by atoms with Crippen molar-refractivity contribution in [3.63, 3.8) is 0 Å². The van der Waals surface area contributed by atoms with Gasteiger partial charge in [-0.1, -0.05) is 0 Å². The maximum Gasteiger partial charge on any atom is 0.482 e. The molecule has 1 N–H and O–H groups in total. The van der Waals surface area contributed by atoms with Crippen molar-refractivity contribution in [2.45, 2.75) is 11.2 Å². The highest BCUT2D eigenvalue weighted by molar-refractivity contribution is 7.80. The normalized spacial score (nSPS) is 11.3. The van der Waals surface area contributed by atoms with Crippen molar-refractivity contribution in [3.8, 4) is 0 Å². The zero-order valence-electron chi connectivity index (χ0n) is 5.89. The molecule has 0 atom stereocenters. The Morgan fingerprint density at radius 2 is 1.58 bits per heavy atom. The van der Waals surface area contributed by atoms with Crippen molar-refractivity contribution < 1.29 is 13.2 Å².